The Balaban J connectivity index is 2.31. The van der Waals surface area contributed by atoms with Gasteiger partial charge in [0.05, 0.1) is 16.4 Å². The van der Waals surface area contributed by atoms with E-state index >= 15 is 0 Å². The zero-order chi connectivity index (χ0) is 15.1. The van der Waals surface area contributed by atoms with Gasteiger partial charge >= 0.3 is 0 Å². The number of hydrogen-bond donors (Lipinski definition) is 2. The van der Waals surface area contributed by atoms with Gasteiger partial charge in [-0.1, -0.05) is 32.4 Å². The standard InChI is InChI=1S/C14H25ClN4O/c1-5-11-14(15)12(19(4)18-11)9-16-7-6-13(20)17-8-10(2)3/h10,16H,5-9H2,1-4H3,(H,17,20). The average Bonchev–Trinajstić information content (AvgIpc) is 2.67. The quantitative estimate of drug-likeness (QED) is 0.721. The van der Waals surface area contributed by atoms with Crippen molar-refractivity contribution in [3.05, 3.63) is 16.4 Å². The molecule has 0 radical (unpaired) electrons. The molecule has 0 saturated carbocycles. The van der Waals surface area contributed by atoms with Crippen LogP contribution in [0.3, 0.4) is 0 Å². The van der Waals surface area contributed by atoms with Gasteiger partial charge in [0.1, 0.15) is 0 Å². The first-order valence-corrected chi connectivity index (χ1v) is 7.51. The van der Waals surface area contributed by atoms with Crippen LogP contribution in [0.25, 0.3) is 0 Å². The molecular weight excluding hydrogens is 276 g/mol. The zero-order valence-corrected chi connectivity index (χ0v) is 13.5. The summed E-state index contributed by atoms with van der Waals surface area (Å²) in [6.45, 7) is 8.17. The molecule has 0 aliphatic carbocycles. The van der Waals surface area contributed by atoms with E-state index in [-0.39, 0.29) is 5.91 Å². The molecule has 114 valence electrons. The number of aryl methyl sites for hydroxylation is 2. The first-order chi connectivity index (χ1) is 9.45. The predicted octanol–water partition coefficient (Wildman–Crippen LogP) is 1.89. The van der Waals surface area contributed by atoms with Crippen molar-refractivity contribution in [1.82, 2.24) is 20.4 Å². The molecule has 1 heterocycles. The largest absolute Gasteiger partial charge is 0.356 e. The number of aromatic nitrogens is 2. The third-order valence-electron chi connectivity index (χ3n) is 3.03. The Labute approximate surface area is 126 Å². The lowest BCUT2D eigenvalue weighted by Gasteiger charge is -2.08. The highest BCUT2D eigenvalue weighted by atomic mass is 35.5. The Kier molecular flexibility index (Phi) is 7.02. The molecule has 1 rings (SSSR count). The van der Waals surface area contributed by atoms with E-state index in [0.29, 0.717) is 25.4 Å². The number of carbonyl (C=O) groups is 1. The third-order valence-corrected chi connectivity index (χ3v) is 3.47. The molecule has 0 aromatic carbocycles. The zero-order valence-electron chi connectivity index (χ0n) is 12.8. The summed E-state index contributed by atoms with van der Waals surface area (Å²) in [5.41, 5.74) is 1.88. The molecule has 1 aromatic heterocycles. The second kappa shape index (κ2) is 8.27. The minimum atomic E-state index is 0.0801. The molecule has 0 unspecified atom stereocenters. The first kappa shape index (κ1) is 17.0. The van der Waals surface area contributed by atoms with Gasteiger partial charge in [0.25, 0.3) is 0 Å². The van der Waals surface area contributed by atoms with Gasteiger partial charge in [-0.3, -0.25) is 9.48 Å². The Morgan fingerprint density at radius 2 is 2.15 bits per heavy atom. The van der Waals surface area contributed by atoms with E-state index in [1.807, 2.05) is 14.0 Å². The minimum absolute atomic E-state index is 0.0801. The number of nitrogens with one attached hydrogen (secondary N) is 2. The molecule has 0 spiro atoms. The minimum Gasteiger partial charge on any atom is -0.356 e. The lowest BCUT2D eigenvalue weighted by atomic mass is 10.2. The molecule has 20 heavy (non-hydrogen) atoms. The fraction of sp³-hybridized carbons (Fsp3) is 0.714. The van der Waals surface area contributed by atoms with Crippen LogP contribution in [0.1, 0.15) is 38.6 Å². The number of rotatable bonds is 8. The van der Waals surface area contributed by atoms with E-state index in [9.17, 15) is 4.79 Å². The van der Waals surface area contributed by atoms with Crippen molar-refractivity contribution in [3.63, 3.8) is 0 Å². The van der Waals surface area contributed by atoms with Crippen molar-refractivity contribution in [1.29, 1.82) is 0 Å². The molecule has 0 atom stereocenters. The molecule has 0 bridgehead atoms. The van der Waals surface area contributed by atoms with E-state index in [4.69, 9.17) is 11.6 Å². The van der Waals surface area contributed by atoms with Crippen molar-refractivity contribution >= 4 is 17.5 Å². The molecule has 0 aliphatic heterocycles. The van der Waals surface area contributed by atoms with Crippen LogP contribution in [0.15, 0.2) is 0 Å². The summed E-state index contributed by atoms with van der Waals surface area (Å²) in [5.74, 6) is 0.559. The topological polar surface area (TPSA) is 59.0 Å². The Bertz CT molecular complexity index is 443. The van der Waals surface area contributed by atoms with Crippen molar-refractivity contribution in [2.24, 2.45) is 13.0 Å². The summed E-state index contributed by atoms with van der Waals surface area (Å²) in [5, 5.41) is 11.2. The number of carbonyl (C=O) groups excluding carboxylic acids is 1. The van der Waals surface area contributed by atoms with Crippen molar-refractivity contribution in [2.75, 3.05) is 13.1 Å². The average molecular weight is 301 g/mol. The second-order valence-corrected chi connectivity index (χ2v) is 5.69. The molecular formula is C14H25ClN4O. The van der Waals surface area contributed by atoms with Crippen LogP contribution < -0.4 is 10.6 Å². The summed E-state index contributed by atoms with van der Waals surface area (Å²) < 4.78 is 1.80. The van der Waals surface area contributed by atoms with Gasteiger partial charge < -0.3 is 10.6 Å². The predicted molar refractivity (Wildman–Crippen MR) is 81.8 cm³/mol. The number of nitrogens with zero attached hydrogens (tertiary/aromatic N) is 2. The Morgan fingerprint density at radius 3 is 2.70 bits per heavy atom. The summed E-state index contributed by atoms with van der Waals surface area (Å²) >= 11 is 6.25. The number of hydrogen-bond acceptors (Lipinski definition) is 3. The summed E-state index contributed by atoms with van der Waals surface area (Å²) in [7, 11) is 1.89. The highest BCUT2D eigenvalue weighted by Crippen LogP contribution is 2.20. The van der Waals surface area contributed by atoms with Crippen molar-refractivity contribution in [3.8, 4) is 0 Å². The molecule has 0 saturated heterocycles. The maximum atomic E-state index is 11.5. The van der Waals surface area contributed by atoms with Crippen molar-refractivity contribution < 1.29 is 4.79 Å². The van der Waals surface area contributed by atoms with Crippen LogP contribution in [0.2, 0.25) is 5.02 Å². The van der Waals surface area contributed by atoms with Crippen molar-refractivity contribution in [2.45, 2.75) is 40.2 Å². The van der Waals surface area contributed by atoms with Crippen LogP contribution in [-0.2, 0) is 24.8 Å². The second-order valence-electron chi connectivity index (χ2n) is 5.31. The lowest BCUT2D eigenvalue weighted by Crippen LogP contribution is -2.30. The molecule has 2 N–H and O–H groups in total. The summed E-state index contributed by atoms with van der Waals surface area (Å²) in [6.07, 6.45) is 1.30. The molecule has 6 heteroatoms. The van der Waals surface area contributed by atoms with E-state index in [1.54, 1.807) is 4.68 Å². The molecule has 5 nitrogen and oxygen atoms in total. The van der Waals surface area contributed by atoms with Gasteiger partial charge in [-0.25, -0.2) is 0 Å². The van der Waals surface area contributed by atoms with E-state index in [2.05, 4.69) is 29.6 Å². The van der Waals surface area contributed by atoms with Crippen LogP contribution >= 0.6 is 11.6 Å². The molecule has 1 amide bonds. The Hall–Kier alpha value is -1.07. The van der Waals surface area contributed by atoms with Crippen LogP contribution in [-0.4, -0.2) is 28.8 Å². The lowest BCUT2D eigenvalue weighted by molar-refractivity contribution is -0.121. The number of halogens is 1. The van der Waals surface area contributed by atoms with Gasteiger partial charge in [0.15, 0.2) is 0 Å². The normalized spacial score (nSPS) is 11.1. The number of amides is 1. The maximum Gasteiger partial charge on any atom is 0.221 e. The van der Waals surface area contributed by atoms with Gasteiger partial charge in [-0.05, 0) is 12.3 Å². The highest BCUT2D eigenvalue weighted by Gasteiger charge is 2.12. The van der Waals surface area contributed by atoms with Gasteiger partial charge in [-0.2, -0.15) is 5.10 Å². The third kappa shape index (κ3) is 5.13. The fourth-order valence-electron chi connectivity index (χ4n) is 1.83. The highest BCUT2D eigenvalue weighted by molar-refractivity contribution is 6.31. The van der Waals surface area contributed by atoms with Gasteiger partial charge in [0, 0.05) is 33.1 Å². The Morgan fingerprint density at radius 1 is 1.45 bits per heavy atom. The summed E-state index contributed by atoms with van der Waals surface area (Å²) in [4.78, 5) is 11.5. The molecule has 0 aliphatic rings. The maximum absolute atomic E-state index is 11.5. The fourth-order valence-corrected chi connectivity index (χ4v) is 2.19. The molecule has 0 fully saturated rings. The van der Waals surface area contributed by atoms with E-state index < -0.39 is 0 Å². The smallest absolute Gasteiger partial charge is 0.221 e. The first-order valence-electron chi connectivity index (χ1n) is 7.13. The SMILES string of the molecule is CCc1nn(C)c(CNCCC(=O)NCC(C)C)c1Cl. The monoisotopic (exact) mass is 300 g/mol. The molecule has 1 aromatic rings. The van der Waals surface area contributed by atoms with Gasteiger partial charge in [-0.15, -0.1) is 0 Å². The van der Waals surface area contributed by atoms with E-state index in [0.717, 1.165) is 29.4 Å². The van der Waals surface area contributed by atoms with Gasteiger partial charge in [0.2, 0.25) is 5.91 Å². The van der Waals surface area contributed by atoms with Crippen LogP contribution in [0.4, 0.5) is 0 Å². The van der Waals surface area contributed by atoms with E-state index in [1.165, 1.54) is 0 Å². The summed E-state index contributed by atoms with van der Waals surface area (Å²) in [6, 6.07) is 0. The van der Waals surface area contributed by atoms with Crippen LogP contribution in [0.5, 0.6) is 0 Å². The van der Waals surface area contributed by atoms with Crippen LogP contribution in [0, 0.1) is 5.92 Å².